The molecule has 0 radical (unpaired) electrons. The normalized spacial score (nSPS) is 20.1. The molecule has 1 aliphatic rings. The maximum Gasteiger partial charge on any atom is 0.236 e. The lowest BCUT2D eigenvalue weighted by atomic mass is 10.7. The SMILES string of the molecule is CC(=S)N/N=C1\NC(=O)CS1. The zero-order valence-electron chi connectivity index (χ0n) is 5.88. The molecule has 60 valence electrons. The van der Waals surface area contributed by atoms with Crippen molar-refractivity contribution in [1.82, 2.24) is 10.7 Å². The van der Waals surface area contributed by atoms with Gasteiger partial charge < -0.3 is 5.32 Å². The van der Waals surface area contributed by atoms with Crippen LogP contribution >= 0.6 is 24.0 Å². The average Bonchev–Trinajstić information content (AvgIpc) is 2.31. The number of nitrogens with one attached hydrogen (secondary N) is 2. The van der Waals surface area contributed by atoms with Crippen LogP contribution < -0.4 is 10.7 Å². The van der Waals surface area contributed by atoms with Gasteiger partial charge in [-0.2, -0.15) is 0 Å². The number of thiocarbonyl (C=S) groups is 1. The molecule has 0 spiro atoms. The summed E-state index contributed by atoms with van der Waals surface area (Å²) in [5.74, 6) is 0.425. The average molecular weight is 189 g/mol. The van der Waals surface area contributed by atoms with Crippen LogP contribution in [0.25, 0.3) is 0 Å². The van der Waals surface area contributed by atoms with Crippen molar-refractivity contribution >= 4 is 40.0 Å². The van der Waals surface area contributed by atoms with E-state index < -0.39 is 0 Å². The summed E-state index contributed by atoms with van der Waals surface area (Å²) in [6.07, 6.45) is 0. The van der Waals surface area contributed by atoms with Crippen molar-refractivity contribution in [3.8, 4) is 0 Å². The van der Waals surface area contributed by atoms with Crippen molar-refractivity contribution in [3.05, 3.63) is 0 Å². The molecule has 0 aromatic rings. The Hall–Kier alpha value is -0.620. The molecule has 1 fully saturated rings. The lowest BCUT2D eigenvalue weighted by Crippen LogP contribution is -2.23. The molecule has 0 aliphatic carbocycles. The molecule has 0 unspecified atom stereocenters. The first-order valence-corrected chi connectivity index (χ1v) is 4.35. The largest absolute Gasteiger partial charge is 0.303 e. The molecule has 0 bridgehead atoms. The van der Waals surface area contributed by atoms with Crippen LogP contribution in [0.5, 0.6) is 0 Å². The van der Waals surface area contributed by atoms with Crippen LogP contribution in [-0.2, 0) is 4.79 Å². The molecule has 0 atom stereocenters. The molecule has 0 saturated carbocycles. The van der Waals surface area contributed by atoms with Crippen LogP contribution in [0.2, 0.25) is 0 Å². The Morgan fingerprint density at radius 1 is 1.91 bits per heavy atom. The fraction of sp³-hybridized carbons (Fsp3) is 0.400. The van der Waals surface area contributed by atoms with E-state index in [9.17, 15) is 4.79 Å². The van der Waals surface area contributed by atoms with Crippen molar-refractivity contribution in [2.24, 2.45) is 5.10 Å². The van der Waals surface area contributed by atoms with Gasteiger partial charge in [-0.05, 0) is 6.92 Å². The van der Waals surface area contributed by atoms with Crippen LogP contribution in [0.15, 0.2) is 5.10 Å². The van der Waals surface area contributed by atoms with Crippen LogP contribution in [-0.4, -0.2) is 21.8 Å². The zero-order valence-corrected chi connectivity index (χ0v) is 7.51. The molecule has 1 rings (SSSR count). The van der Waals surface area contributed by atoms with Crippen LogP contribution in [0.4, 0.5) is 0 Å². The molecular formula is C5H7N3OS2. The predicted octanol–water partition coefficient (Wildman–Crippen LogP) is 0.0573. The Morgan fingerprint density at radius 2 is 2.64 bits per heavy atom. The third kappa shape index (κ3) is 2.85. The van der Waals surface area contributed by atoms with Crippen molar-refractivity contribution in [3.63, 3.8) is 0 Å². The van der Waals surface area contributed by atoms with E-state index in [-0.39, 0.29) is 5.91 Å². The van der Waals surface area contributed by atoms with E-state index in [1.165, 1.54) is 11.8 Å². The highest BCUT2D eigenvalue weighted by molar-refractivity contribution is 8.15. The van der Waals surface area contributed by atoms with Gasteiger partial charge in [-0.3, -0.25) is 10.2 Å². The minimum Gasteiger partial charge on any atom is -0.303 e. The Labute approximate surface area is 73.8 Å². The fourth-order valence-electron chi connectivity index (χ4n) is 0.515. The second-order valence-corrected chi connectivity index (χ2v) is 3.50. The van der Waals surface area contributed by atoms with E-state index in [4.69, 9.17) is 12.2 Å². The summed E-state index contributed by atoms with van der Waals surface area (Å²) in [6, 6.07) is 0. The maximum absolute atomic E-state index is 10.6. The third-order valence-electron chi connectivity index (χ3n) is 0.901. The zero-order chi connectivity index (χ0) is 8.27. The highest BCUT2D eigenvalue weighted by Crippen LogP contribution is 2.07. The highest BCUT2D eigenvalue weighted by atomic mass is 32.2. The van der Waals surface area contributed by atoms with E-state index in [2.05, 4.69) is 15.8 Å². The molecule has 0 aromatic carbocycles. The van der Waals surface area contributed by atoms with Gasteiger partial charge in [-0.1, -0.05) is 24.0 Å². The first kappa shape index (κ1) is 8.48. The minimum absolute atomic E-state index is 0.0161. The molecule has 1 aliphatic heterocycles. The second kappa shape index (κ2) is 3.68. The van der Waals surface area contributed by atoms with Gasteiger partial charge in [-0.25, -0.2) is 0 Å². The van der Waals surface area contributed by atoms with Crippen LogP contribution in [0.1, 0.15) is 6.92 Å². The van der Waals surface area contributed by atoms with Crippen molar-refractivity contribution < 1.29 is 4.79 Å². The maximum atomic E-state index is 10.6. The van der Waals surface area contributed by atoms with Gasteiger partial charge in [0.2, 0.25) is 5.91 Å². The van der Waals surface area contributed by atoms with Gasteiger partial charge in [0.25, 0.3) is 0 Å². The number of rotatable bonds is 1. The number of thioether (sulfide) groups is 1. The predicted molar refractivity (Wildman–Crippen MR) is 49.4 cm³/mol. The molecule has 1 saturated heterocycles. The van der Waals surface area contributed by atoms with E-state index in [1.807, 2.05) is 0 Å². The van der Waals surface area contributed by atoms with E-state index in [0.29, 0.717) is 15.9 Å². The Kier molecular flexibility index (Phi) is 2.84. The molecule has 1 amide bonds. The van der Waals surface area contributed by atoms with Crippen LogP contribution in [0, 0.1) is 0 Å². The monoisotopic (exact) mass is 189 g/mol. The summed E-state index contributed by atoms with van der Waals surface area (Å²) in [7, 11) is 0. The molecule has 1 heterocycles. The molecule has 4 nitrogen and oxygen atoms in total. The smallest absolute Gasteiger partial charge is 0.236 e. The summed E-state index contributed by atoms with van der Waals surface area (Å²) < 4.78 is 0. The number of carbonyl (C=O) groups excluding carboxylic acids is 1. The summed E-state index contributed by atoms with van der Waals surface area (Å²) in [5.41, 5.74) is 2.59. The molecule has 6 heteroatoms. The summed E-state index contributed by atoms with van der Waals surface area (Å²) in [4.78, 5) is 11.2. The van der Waals surface area contributed by atoms with Crippen molar-refractivity contribution in [2.45, 2.75) is 6.92 Å². The standard InChI is InChI=1S/C5H7N3OS2/c1-3(10)7-8-5-6-4(9)2-11-5/h2H2,1H3,(H,7,10)(H,6,8,9). The molecule has 0 aromatic heterocycles. The Bertz CT molecular complexity index is 226. The van der Waals surface area contributed by atoms with Gasteiger partial charge in [-0.15, -0.1) is 5.10 Å². The van der Waals surface area contributed by atoms with Crippen molar-refractivity contribution in [1.29, 1.82) is 0 Å². The fourth-order valence-corrected chi connectivity index (χ4v) is 1.20. The van der Waals surface area contributed by atoms with Gasteiger partial charge in [0.05, 0.1) is 10.7 Å². The number of hydrogen-bond donors (Lipinski definition) is 2. The summed E-state index contributed by atoms with van der Waals surface area (Å²) in [6.45, 7) is 1.72. The third-order valence-corrected chi connectivity index (χ3v) is 1.87. The number of hydrazone groups is 1. The van der Waals surface area contributed by atoms with E-state index in [0.717, 1.165) is 0 Å². The topological polar surface area (TPSA) is 53.5 Å². The van der Waals surface area contributed by atoms with E-state index in [1.54, 1.807) is 6.92 Å². The highest BCUT2D eigenvalue weighted by Gasteiger charge is 2.15. The molecule has 11 heavy (non-hydrogen) atoms. The van der Waals surface area contributed by atoms with Crippen LogP contribution in [0.3, 0.4) is 0 Å². The minimum atomic E-state index is -0.0161. The summed E-state index contributed by atoms with van der Waals surface area (Å²) >= 11 is 6.08. The van der Waals surface area contributed by atoms with E-state index >= 15 is 0 Å². The lowest BCUT2D eigenvalue weighted by Gasteiger charge is -1.96. The van der Waals surface area contributed by atoms with Crippen molar-refractivity contribution in [2.75, 3.05) is 5.75 Å². The number of amides is 1. The first-order valence-electron chi connectivity index (χ1n) is 2.95. The Morgan fingerprint density at radius 3 is 3.09 bits per heavy atom. The second-order valence-electron chi connectivity index (χ2n) is 1.92. The van der Waals surface area contributed by atoms with Gasteiger partial charge in [0.15, 0.2) is 5.17 Å². The molecular weight excluding hydrogens is 182 g/mol. The first-order chi connectivity index (χ1) is 5.18. The Balaban J connectivity index is 2.42. The number of amidine groups is 1. The van der Waals surface area contributed by atoms with Gasteiger partial charge >= 0.3 is 0 Å². The number of hydrogen-bond acceptors (Lipinski definition) is 4. The lowest BCUT2D eigenvalue weighted by molar-refractivity contribution is -0.116. The number of carbonyl (C=O) groups is 1. The summed E-state index contributed by atoms with van der Waals surface area (Å²) in [5, 5.41) is 6.97. The van der Waals surface area contributed by atoms with Gasteiger partial charge in [0, 0.05) is 0 Å². The molecule has 2 N–H and O–H groups in total. The quantitative estimate of drug-likeness (QED) is 0.452. The number of nitrogens with zero attached hydrogens (tertiary/aromatic N) is 1. The van der Waals surface area contributed by atoms with Gasteiger partial charge in [0.1, 0.15) is 0 Å².